The zero-order valence-electron chi connectivity index (χ0n) is 10.5. The molecule has 15 heavy (non-hydrogen) atoms. The number of likely N-dealkylation sites (N-methyl/N-ethyl adjacent to an activating group) is 1. The fourth-order valence-electron chi connectivity index (χ4n) is 2.42. The second-order valence-electron chi connectivity index (χ2n) is 5.17. The van der Waals surface area contributed by atoms with E-state index in [1.165, 1.54) is 12.8 Å². The maximum absolute atomic E-state index is 12.0. The van der Waals surface area contributed by atoms with Crippen LogP contribution in [-0.4, -0.2) is 30.3 Å². The van der Waals surface area contributed by atoms with Crippen molar-refractivity contribution in [1.29, 1.82) is 0 Å². The molecule has 0 heterocycles. The molecule has 0 unspecified atom stereocenters. The number of nitrogens with zero attached hydrogens (tertiary/aromatic N) is 1. The summed E-state index contributed by atoms with van der Waals surface area (Å²) in [6, 6.07) is 0. The Morgan fingerprint density at radius 2 is 1.93 bits per heavy atom. The highest BCUT2D eigenvalue weighted by Gasteiger charge is 2.23. The van der Waals surface area contributed by atoms with E-state index < -0.39 is 0 Å². The molecule has 0 aliphatic heterocycles. The molecule has 1 saturated carbocycles. The van der Waals surface area contributed by atoms with Gasteiger partial charge in [-0.25, -0.2) is 0 Å². The van der Waals surface area contributed by atoms with Gasteiger partial charge in [0.15, 0.2) is 0 Å². The topological polar surface area (TPSA) is 20.3 Å². The summed E-state index contributed by atoms with van der Waals surface area (Å²) < 4.78 is 0. The van der Waals surface area contributed by atoms with Gasteiger partial charge in [0.05, 0.1) is 6.54 Å². The first-order valence-corrected chi connectivity index (χ1v) is 6.38. The fourth-order valence-corrected chi connectivity index (χ4v) is 2.42. The minimum Gasteiger partial charge on any atom is -0.298 e. The lowest BCUT2D eigenvalue weighted by molar-refractivity contribution is -0.123. The Balaban J connectivity index is 2.33. The molecule has 0 saturated heterocycles. The zero-order valence-corrected chi connectivity index (χ0v) is 10.5. The number of ketones is 1. The highest BCUT2D eigenvalue weighted by molar-refractivity contribution is 5.83. The van der Waals surface area contributed by atoms with Gasteiger partial charge in [-0.3, -0.25) is 9.69 Å². The lowest BCUT2D eigenvalue weighted by atomic mass is 10.0. The molecule has 88 valence electrons. The van der Waals surface area contributed by atoms with E-state index in [2.05, 4.69) is 25.7 Å². The SMILES string of the molecule is CCN(CC(=O)C1CCCC1)CC(C)C. The lowest BCUT2D eigenvalue weighted by Gasteiger charge is -2.23. The van der Waals surface area contributed by atoms with Gasteiger partial charge in [0.1, 0.15) is 5.78 Å². The minimum atomic E-state index is 0.381. The quantitative estimate of drug-likeness (QED) is 0.673. The summed E-state index contributed by atoms with van der Waals surface area (Å²) in [7, 11) is 0. The van der Waals surface area contributed by atoms with E-state index in [4.69, 9.17) is 0 Å². The van der Waals surface area contributed by atoms with E-state index in [0.717, 1.165) is 25.9 Å². The molecule has 0 aromatic rings. The van der Waals surface area contributed by atoms with Gasteiger partial charge in [-0.15, -0.1) is 0 Å². The van der Waals surface area contributed by atoms with E-state index in [0.29, 0.717) is 24.2 Å². The predicted molar refractivity (Wildman–Crippen MR) is 63.9 cm³/mol. The summed E-state index contributed by atoms with van der Waals surface area (Å²) in [5.74, 6) is 1.52. The summed E-state index contributed by atoms with van der Waals surface area (Å²) in [5, 5.41) is 0. The van der Waals surface area contributed by atoms with Crippen molar-refractivity contribution in [2.75, 3.05) is 19.6 Å². The van der Waals surface area contributed by atoms with Crippen LogP contribution < -0.4 is 0 Å². The van der Waals surface area contributed by atoms with Gasteiger partial charge in [0, 0.05) is 12.5 Å². The molecule has 0 atom stereocenters. The standard InChI is InChI=1S/C13H25NO/c1-4-14(9-11(2)3)10-13(15)12-7-5-6-8-12/h11-12H,4-10H2,1-3H3. The van der Waals surface area contributed by atoms with E-state index >= 15 is 0 Å². The Labute approximate surface area is 94.0 Å². The highest BCUT2D eigenvalue weighted by Crippen LogP contribution is 2.25. The fraction of sp³-hybridized carbons (Fsp3) is 0.923. The number of hydrogen-bond acceptors (Lipinski definition) is 2. The highest BCUT2D eigenvalue weighted by atomic mass is 16.1. The van der Waals surface area contributed by atoms with Gasteiger partial charge >= 0.3 is 0 Å². The molecule has 2 heteroatoms. The summed E-state index contributed by atoms with van der Waals surface area (Å²) in [5.41, 5.74) is 0. The number of rotatable bonds is 6. The molecule has 1 aliphatic rings. The van der Waals surface area contributed by atoms with Gasteiger partial charge in [-0.05, 0) is 25.3 Å². The average Bonchev–Trinajstić information content (AvgIpc) is 2.68. The molecule has 0 aromatic carbocycles. The van der Waals surface area contributed by atoms with Gasteiger partial charge < -0.3 is 0 Å². The number of carbonyl (C=O) groups excluding carboxylic acids is 1. The summed E-state index contributed by atoms with van der Waals surface area (Å²) in [6.45, 7) is 9.29. The van der Waals surface area contributed by atoms with E-state index in [-0.39, 0.29) is 0 Å². The van der Waals surface area contributed by atoms with Crippen molar-refractivity contribution in [3.63, 3.8) is 0 Å². The van der Waals surface area contributed by atoms with Crippen LogP contribution in [0.25, 0.3) is 0 Å². The third kappa shape index (κ3) is 4.33. The smallest absolute Gasteiger partial charge is 0.149 e. The normalized spacial score (nSPS) is 17.9. The molecule has 0 amide bonds. The predicted octanol–water partition coefficient (Wildman–Crippen LogP) is 2.72. The Kier molecular flexibility index (Phi) is 5.30. The first-order valence-electron chi connectivity index (χ1n) is 6.38. The Hall–Kier alpha value is -0.370. The van der Waals surface area contributed by atoms with Crippen LogP contribution >= 0.6 is 0 Å². The molecule has 2 nitrogen and oxygen atoms in total. The molecule has 1 fully saturated rings. The minimum absolute atomic E-state index is 0.381. The molecule has 1 aliphatic carbocycles. The van der Waals surface area contributed by atoms with Crippen molar-refractivity contribution in [3.05, 3.63) is 0 Å². The van der Waals surface area contributed by atoms with Crippen LogP contribution in [0.15, 0.2) is 0 Å². The van der Waals surface area contributed by atoms with Crippen molar-refractivity contribution in [2.45, 2.75) is 46.5 Å². The summed E-state index contributed by atoms with van der Waals surface area (Å²) in [4.78, 5) is 14.2. The van der Waals surface area contributed by atoms with Gasteiger partial charge in [0.2, 0.25) is 0 Å². The molecule has 0 spiro atoms. The Morgan fingerprint density at radius 3 is 2.40 bits per heavy atom. The maximum Gasteiger partial charge on any atom is 0.149 e. The summed E-state index contributed by atoms with van der Waals surface area (Å²) >= 11 is 0. The van der Waals surface area contributed by atoms with Gasteiger partial charge in [0.25, 0.3) is 0 Å². The second-order valence-corrected chi connectivity index (χ2v) is 5.17. The third-order valence-corrected chi connectivity index (χ3v) is 3.26. The van der Waals surface area contributed by atoms with Crippen LogP contribution in [-0.2, 0) is 4.79 Å². The summed E-state index contributed by atoms with van der Waals surface area (Å²) in [6.07, 6.45) is 4.79. The zero-order chi connectivity index (χ0) is 11.3. The average molecular weight is 211 g/mol. The Morgan fingerprint density at radius 1 is 1.33 bits per heavy atom. The van der Waals surface area contributed by atoms with E-state index in [1.54, 1.807) is 0 Å². The van der Waals surface area contributed by atoms with Crippen molar-refractivity contribution < 1.29 is 4.79 Å². The first kappa shape index (κ1) is 12.7. The van der Waals surface area contributed by atoms with Crippen molar-refractivity contribution in [1.82, 2.24) is 4.90 Å². The number of Topliss-reactive ketones (excluding diaryl/α,β-unsaturated/α-hetero) is 1. The van der Waals surface area contributed by atoms with Crippen LogP contribution in [0, 0.1) is 11.8 Å². The molecule has 0 N–H and O–H groups in total. The van der Waals surface area contributed by atoms with Crippen LogP contribution in [0.4, 0.5) is 0 Å². The van der Waals surface area contributed by atoms with Crippen LogP contribution in [0.5, 0.6) is 0 Å². The molecule has 0 aromatic heterocycles. The Bertz CT molecular complexity index is 195. The van der Waals surface area contributed by atoms with E-state index in [9.17, 15) is 4.79 Å². The molecule has 1 rings (SSSR count). The largest absolute Gasteiger partial charge is 0.298 e. The molecular weight excluding hydrogens is 186 g/mol. The first-order chi connectivity index (χ1) is 7.13. The van der Waals surface area contributed by atoms with Crippen LogP contribution in [0.1, 0.15) is 46.5 Å². The van der Waals surface area contributed by atoms with Crippen molar-refractivity contribution >= 4 is 5.78 Å². The lowest BCUT2D eigenvalue weighted by Crippen LogP contribution is -2.35. The van der Waals surface area contributed by atoms with Gasteiger partial charge in [-0.2, -0.15) is 0 Å². The monoisotopic (exact) mass is 211 g/mol. The van der Waals surface area contributed by atoms with E-state index in [1.807, 2.05) is 0 Å². The number of hydrogen-bond donors (Lipinski definition) is 0. The second kappa shape index (κ2) is 6.26. The maximum atomic E-state index is 12.0. The molecular formula is C13H25NO. The van der Waals surface area contributed by atoms with Crippen molar-refractivity contribution in [3.8, 4) is 0 Å². The van der Waals surface area contributed by atoms with Crippen LogP contribution in [0.3, 0.4) is 0 Å². The van der Waals surface area contributed by atoms with Crippen LogP contribution in [0.2, 0.25) is 0 Å². The molecule has 0 bridgehead atoms. The van der Waals surface area contributed by atoms with Crippen molar-refractivity contribution in [2.24, 2.45) is 11.8 Å². The third-order valence-electron chi connectivity index (χ3n) is 3.26. The number of carbonyl (C=O) groups is 1. The van der Waals surface area contributed by atoms with Gasteiger partial charge in [-0.1, -0.05) is 33.6 Å². The molecule has 0 radical (unpaired) electrons.